The molecule has 5 heteroatoms. The van der Waals surface area contributed by atoms with Crippen molar-refractivity contribution in [2.24, 2.45) is 0 Å². The van der Waals surface area contributed by atoms with Gasteiger partial charge in [-0.15, -0.1) is 11.3 Å². The van der Waals surface area contributed by atoms with Gasteiger partial charge in [0.05, 0.1) is 5.54 Å². The number of hydrogen-bond acceptors (Lipinski definition) is 4. The highest BCUT2D eigenvalue weighted by Crippen LogP contribution is 2.40. The van der Waals surface area contributed by atoms with E-state index in [2.05, 4.69) is 45.4 Å². The first-order valence-corrected chi connectivity index (χ1v) is 13.1. The largest absolute Gasteiger partial charge is 0.314 e. The molecule has 5 rings (SSSR count). The van der Waals surface area contributed by atoms with Crippen LogP contribution in [0.4, 0.5) is 0 Å². The summed E-state index contributed by atoms with van der Waals surface area (Å²) in [4.78, 5) is 4.31. The second-order valence-corrected chi connectivity index (χ2v) is 10.8. The molecule has 4 heterocycles. The number of hydrogen-bond donors (Lipinski definition) is 2. The van der Waals surface area contributed by atoms with Gasteiger partial charge < -0.3 is 20.1 Å². The molecule has 164 valence electrons. The quantitative estimate of drug-likeness (QED) is 0.663. The molecule has 0 aromatic carbocycles. The molecule has 4 nitrogen and oxygen atoms in total. The van der Waals surface area contributed by atoms with Crippen LogP contribution in [0.5, 0.6) is 0 Å². The summed E-state index contributed by atoms with van der Waals surface area (Å²) in [7, 11) is 0. The number of aryl methyl sites for hydroxylation is 1. The first-order chi connectivity index (χ1) is 14.7. The molecule has 30 heavy (non-hydrogen) atoms. The van der Waals surface area contributed by atoms with Gasteiger partial charge in [0.2, 0.25) is 0 Å². The van der Waals surface area contributed by atoms with E-state index in [0.29, 0.717) is 0 Å². The summed E-state index contributed by atoms with van der Waals surface area (Å²) in [5.74, 6) is 0. The van der Waals surface area contributed by atoms with Gasteiger partial charge in [0.25, 0.3) is 0 Å². The highest BCUT2D eigenvalue weighted by molar-refractivity contribution is 7.15. The van der Waals surface area contributed by atoms with Gasteiger partial charge in [-0.1, -0.05) is 12.8 Å². The van der Waals surface area contributed by atoms with Crippen LogP contribution in [0.15, 0.2) is 18.3 Å². The predicted octanol–water partition coefficient (Wildman–Crippen LogP) is 4.59. The van der Waals surface area contributed by atoms with Crippen molar-refractivity contribution >= 4 is 11.3 Å². The van der Waals surface area contributed by atoms with Crippen LogP contribution in [0, 0.1) is 0 Å². The van der Waals surface area contributed by atoms with Crippen molar-refractivity contribution in [3.05, 3.63) is 40.0 Å². The second kappa shape index (κ2) is 9.15. The van der Waals surface area contributed by atoms with Crippen molar-refractivity contribution in [3.63, 3.8) is 0 Å². The lowest BCUT2D eigenvalue weighted by Gasteiger charge is -2.31. The monoisotopic (exact) mass is 426 g/mol. The Morgan fingerprint density at radius 1 is 1.07 bits per heavy atom. The van der Waals surface area contributed by atoms with Crippen molar-refractivity contribution in [2.45, 2.75) is 76.8 Å². The molecule has 2 N–H and O–H groups in total. The average Bonchev–Trinajstić information content (AvgIpc) is 3.27. The summed E-state index contributed by atoms with van der Waals surface area (Å²) >= 11 is 2.05. The fourth-order valence-corrected chi connectivity index (χ4v) is 7.06. The Bertz CT molecular complexity index is 845. The number of likely N-dealkylation sites (tertiary alicyclic amines) is 1. The van der Waals surface area contributed by atoms with Gasteiger partial charge in [0.15, 0.2) is 0 Å². The number of aromatic nitrogens is 1. The van der Waals surface area contributed by atoms with Crippen molar-refractivity contribution in [1.29, 1.82) is 0 Å². The van der Waals surface area contributed by atoms with Gasteiger partial charge in [-0.2, -0.15) is 0 Å². The van der Waals surface area contributed by atoms with E-state index < -0.39 is 0 Å². The summed E-state index contributed by atoms with van der Waals surface area (Å²) in [5, 5.41) is 9.22. The SMILES string of the molecule is CC1(CNCCCN2CCCCCC2)NCc2c(sc3c2CCCC3)-n2cccc21. The molecule has 1 saturated heterocycles. The van der Waals surface area contributed by atoms with E-state index in [-0.39, 0.29) is 5.54 Å². The zero-order valence-electron chi connectivity index (χ0n) is 18.6. The van der Waals surface area contributed by atoms with Crippen LogP contribution < -0.4 is 10.6 Å². The molecule has 0 radical (unpaired) electrons. The first-order valence-electron chi connectivity index (χ1n) is 12.2. The Kier molecular flexibility index (Phi) is 6.33. The van der Waals surface area contributed by atoms with Crippen molar-refractivity contribution in [3.8, 4) is 5.00 Å². The molecule has 0 spiro atoms. The molecule has 1 unspecified atom stereocenters. The summed E-state index contributed by atoms with van der Waals surface area (Å²) in [5.41, 5.74) is 4.59. The van der Waals surface area contributed by atoms with Gasteiger partial charge in [-0.25, -0.2) is 0 Å². The number of thiophene rings is 1. The number of rotatable bonds is 6. The third-order valence-electron chi connectivity index (χ3n) is 7.45. The summed E-state index contributed by atoms with van der Waals surface area (Å²) < 4.78 is 2.48. The third-order valence-corrected chi connectivity index (χ3v) is 8.79. The summed E-state index contributed by atoms with van der Waals surface area (Å²) in [6.45, 7) is 9.31. The minimum atomic E-state index is -0.0353. The fraction of sp³-hybridized carbons (Fsp3) is 0.680. The van der Waals surface area contributed by atoms with E-state index in [4.69, 9.17) is 0 Å². The van der Waals surface area contributed by atoms with Crippen LogP contribution in [0.25, 0.3) is 5.00 Å². The van der Waals surface area contributed by atoms with Crippen LogP contribution in [0.1, 0.15) is 73.6 Å². The fourth-order valence-electron chi connectivity index (χ4n) is 5.65. The second-order valence-electron chi connectivity index (χ2n) is 9.73. The smallest absolute Gasteiger partial charge is 0.104 e. The lowest BCUT2D eigenvalue weighted by Crippen LogP contribution is -2.47. The van der Waals surface area contributed by atoms with E-state index in [9.17, 15) is 0 Å². The van der Waals surface area contributed by atoms with Crippen molar-refractivity contribution < 1.29 is 0 Å². The molecule has 0 amide bonds. The van der Waals surface area contributed by atoms with Crippen molar-refractivity contribution in [1.82, 2.24) is 20.1 Å². The maximum Gasteiger partial charge on any atom is 0.104 e. The molecule has 0 bridgehead atoms. The Balaban J connectivity index is 1.23. The molecule has 1 atom stereocenters. The van der Waals surface area contributed by atoms with Crippen LogP contribution in [0.3, 0.4) is 0 Å². The summed E-state index contributed by atoms with van der Waals surface area (Å²) in [6, 6.07) is 4.54. The minimum Gasteiger partial charge on any atom is -0.314 e. The molecular formula is C25H38N4S. The highest BCUT2D eigenvalue weighted by atomic mass is 32.1. The van der Waals surface area contributed by atoms with Crippen LogP contribution >= 0.6 is 11.3 Å². The van der Waals surface area contributed by atoms with E-state index in [0.717, 1.165) is 19.6 Å². The first kappa shape index (κ1) is 20.7. The van der Waals surface area contributed by atoms with E-state index in [1.165, 1.54) is 88.1 Å². The van der Waals surface area contributed by atoms with E-state index in [1.54, 1.807) is 16.0 Å². The van der Waals surface area contributed by atoms with Gasteiger partial charge in [-0.3, -0.25) is 0 Å². The summed E-state index contributed by atoms with van der Waals surface area (Å²) in [6.07, 6.45) is 14.4. The van der Waals surface area contributed by atoms with E-state index >= 15 is 0 Å². The highest BCUT2D eigenvalue weighted by Gasteiger charge is 2.34. The lowest BCUT2D eigenvalue weighted by molar-refractivity contribution is 0.275. The molecular weight excluding hydrogens is 388 g/mol. The Morgan fingerprint density at radius 2 is 1.90 bits per heavy atom. The lowest BCUT2D eigenvalue weighted by atomic mass is 9.94. The molecule has 1 fully saturated rings. The zero-order valence-corrected chi connectivity index (χ0v) is 19.5. The van der Waals surface area contributed by atoms with Gasteiger partial charge in [-0.05, 0) is 95.7 Å². The van der Waals surface area contributed by atoms with Crippen LogP contribution in [-0.4, -0.2) is 42.2 Å². The number of nitrogens with one attached hydrogen (secondary N) is 2. The Hall–Kier alpha value is -1.14. The molecule has 2 aromatic heterocycles. The van der Waals surface area contributed by atoms with E-state index in [1.807, 2.05) is 11.3 Å². The molecule has 3 aliphatic rings. The van der Waals surface area contributed by atoms with Gasteiger partial charge >= 0.3 is 0 Å². The molecule has 2 aromatic rings. The molecule has 1 aliphatic carbocycles. The topological polar surface area (TPSA) is 32.2 Å². The molecule has 2 aliphatic heterocycles. The number of fused-ring (bicyclic) bond motifs is 5. The van der Waals surface area contributed by atoms with Crippen LogP contribution in [-0.2, 0) is 24.9 Å². The van der Waals surface area contributed by atoms with Gasteiger partial charge in [0, 0.05) is 35.4 Å². The van der Waals surface area contributed by atoms with Crippen molar-refractivity contribution in [2.75, 3.05) is 32.7 Å². The zero-order chi connectivity index (χ0) is 20.4. The third kappa shape index (κ3) is 4.14. The number of nitrogens with zero attached hydrogens (tertiary/aromatic N) is 2. The maximum atomic E-state index is 3.95. The van der Waals surface area contributed by atoms with Gasteiger partial charge in [0.1, 0.15) is 5.00 Å². The van der Waals surface area contributed by atoms with Crippen LogP contribution in [0.2, 0.25) is 0 Å². The molecule has 0 saturated carbocycles. The maximum absolute atomic E-state index is 3.95. The Morgan fingerprint density at radius 3 is 2.77 bits per heavy atom. The average molecular weight is 427 g/mol. The minimum absolute atomic E-state index is 0.0353. The Labute approximate surface area is 186 Å². The normalized spacial score (nSPS) is 24.6. The standard InChI is InChI=1S/C25H38N4S/c1-25(19-26-13-9-16-28-14-6-2-3-7-15-28)23-12-8-17-29(23)24-21(18-27-25)20-10-4-5-11-22(20)30-24/h8,12,17,26-27H,2-7,9-11,13-16,18-19H2,1H3. The predicted molar refractivity (Wildman–Crippen MR) is 127 cm³/mol.